The molecule has 0 saturated carbocycles. The lowest BCUT2D eigenvalue weighted by atomic mass is 9.96. The van der Waals surface area contributed by atoms with Crippen molar-refractivity contribution in [1.29, 1.82) is 0 Å². The predicted molar refractivity (Wildman–Crippen MR) is 117 cm³/mol. The van der Waals surface area contributed by atoms with Gasteiger partial charge in [0.05, 0.1) is 11.8 Å². The smallest absolute Gasteiger partial charge is 0.231 e. The lowest BCUT2D eigenvalue weighted by Gasteiger charge is -2.38. The highest BCUT2D eigenvalue weighted by Crippen LogP contribution is 2.48. The maximum atomic E-state index is 6.39. The Morgan fingerprint density at radius 3 is 2.73 bits per heavy atom. The highest BCUT2D eigenvalue weighted by Gasteiger charge is 2.41. The Balaban J connectivity index is 1.44. The Hall–Kier alpha value is -2.70. The molecule has 0 bridgehead atoms. The van der Waals surface area contributed by atoms with Gasteiger partial charge in [0.15, 0.2) is 11.5 Å². The quantitative estimate of drug-likeness (QED) is 0.443. The largest absolute Gasteiger partial charge is 0.464 e. The van der Waals surface area contributed by atoms with Crippen molar-refractivity contribution >= 4 is 33.2 Å². The molecule has 6 rings (SSSR count). The third-order valence-corrected chi connectivity index (χ3v) is 6.32. The lowest BCUT2D eigenvalue weighted by Crippen LogP contribution is -2.33. The molecule has 5 nitrogen and oxygen atoms in total. The molecule has 3 aromatic rings. The molecule has 2 atom stereocenters. The Kier molecular flexibility index (Phi) is 4.18. The fourth-order valence-electron chi connectivity index (χ4n) is 4.19. The number of fused-ring (bicyclic) bond motifs is 4. The van der Waals surface area contributed by atoms with Gasteiger partial charge in [-0.05, 0) is 48.5 Å². The van der Waals surface area contributed by atoms with Crippen molar-refractivity contribution in [2.75, 3.05) is 6.79 Å². The first-order valence-corrected chi connectivity index (χ1v) is 10.8. The van der Waals surface area contributed by atoms with Crippen molar-refractivity contribution in [3.8, 4) is 17.2 Å². The third kappa shape index (κ3) is 2.94. The Bertz CT molecular complexity index is 1200. The van der Waals surface area contributed by atoms with Crippen molar-refractivity contribution in [1.82, 2.24) is 5.01 Å². The summed E-state index contributed by atoms with van der Waals surface area (Å²) in [5, 5.41) is 7.71. The molecule has 0 unspecified atom stereocenters. The standard InChI is InChI=1S/C23H16BrClN2O3/c24-15-5-7-20-17(10-15)19-11-18(13-4-6-21-22(9-13)29-12-28-21)26-27(19)23(30-20)14-2-1-3-16(25)8-14/h1-10,19,23H,11-12H2/t19-,23+/m0/s1. The summed E-state index contributed by atoms with van der Waals surface area (Å²) in [4.78, 5) is 0. The van der Waals surface area contributed by atoms with E-state index in [1.165, 1.54) is 0 Å². The lowest BCUT2D eigenvalue weighted by molar-refractivity contribution is -0.0190. The molecule has 3 aromatic carbocycles. The molecule has 150 valence electrons. The Labute approximate surface area is 186 Å². The Morgan fingerprint density at radius 1 is 0.967 bits per heavy atom. The van der Waals surface area contributed by atoms with E-state index in [4.69, 9.17) is 30.9 Å². The van der Waals surface area contributed by atoms with Gasteiger partial charge in [0.2, 0.25) is 13.0 Å². The highest BCUT2D eigenvalue weighted by atomic mass is 79.9. The van der Waals surface area contributed by atoms with Crippen LogP contribution in [0.1, 0.15) is 35.4 Å². The second-order valence-corrected chi connectivity index (χ2v) is 8.77. The summed E-state index contributed by atoms with van der Waals surface area (Å²) in [5.41, 5.74) is 4.09. The molecule has 0 amide bonds. The minimum atomic E-state index is -0.353. The number of hydrogen-bond donors (Lipinski definition) is 0. The molecular weight excluding hydrogens is 468 g/mol. The van der Waals surface area contributed by atoms with Crippen LogP contribution in [0.2, 0.25) is 5.02 Å². The van der Waals surface area contributed by atoms with Crippen LogP contribution in [0.4, 0.5) is 0 Å². The van der Waals surface area contributed by atoms with Crippen LogP contribution in [0.3, 0.4) is 0 Å². The van der Waals surface area contributed by atoms with Crippen LogP contribution in [0.15, 0.2) is 70.2 Å². The van der Waals surface area contributed by atoms with E-state index in [0.717, 1.165) is 50.5 Å². The van der Waals surface area contributed by atoms with Crippen LogP contribution >= 0.6 is 27.5 Å². The van der Waals surface area contributed by atoms with Gasteiger partial charge in [-0.15, -0.1) is 0 Å². The molecule has 3 heterocycles. The van der Waals surface area contributed by atoms with E-state index in [0.29, 0.717) is 5.02 Å². The van der Waals surface area contributed by atoms with Crippen LogP contribution < -0.4 is 14.2 Å². The maximum absolute atomic E-state index is 6.39. The SMILES string of the molecule is Clc1cccc([C@H]2Oc3ccc(Br)cc3[C@@H]3CC(c4ccc5c(c4)OCO5)=NN23)c1. The second kappa shape index (κ2) is 6.93. The normalized spacial score (nSPS) is 21.0. The monoisotopic (exact) mass is 482 g/mol. The van der Waals surface area contributed by atoms with Crippen molar-refractivity contribution in [2.45, 2.75) is 18.7 Å². The molecular formula is C23H16BrClN2O3. The summed E-state index contributed by atoms with van der Waals surface area (Å²) in [6, 6.07) is 19.9. The zero-order valence-electron chi connectivity index (χ0n) is 15.7. The van der Waals surface area contributed by atoms with E-state index >= 15 is 0 Å². The van der Waals surface area contributed by atoms with Crippen molar-refractivity contribution in [3.63, 3.8) is 0 Å². The van der Waals surface area contributed by atoms with Gasteiger partial charge in [0.25, 0.3) is 0 Å². The van der Waals surface area contributed by atoms with Crippen molar-refractivity contribution < 1.29 is 14.2 Å². The topological polar surface area (TPSA) is 43.3 Å². The van der Waals surface area contributed by atoms with Gasteiger partial charge in [-0.1, -0.05) is 39.7 Å². The summed E-state index contributed by atoms with van der Waals surface area (Å²) in [7, 11) is 0. The van der Waals surface area contributed by atoms with Gasteiger partial charge in [-0.25, -0.2) is 5.01 Å². The first kappa shape index (κ1) is 18.1. The van der Waals surface area contributed by atoms with Gasteiger partial charge < -0.3 is 14.2 Å². The van der Waals surface area contributed by atoms with E-state index in [9.17, 15) is 0 Å². The summed E-state index contributed by atoms with van der Waals surface area (Å²) in [6.07, 6.45) is 0.415. The summed E-state index contributed by atoms with van der Waals surface area (Å²) in [5.74, 6) is 2.39. The number of rotatable bonds is 2. The average molecular weight is 484 g/mol. The van der Waals surface area contributed by atoms with E-state index in [-0.39, 0.29) is 19.1 Å². The molecule has 0 aliphatic carbocycles. The van der Waals surface area contributed by atoms with E-state index in [1.807, 2.05) is 59.6 Å². The molecule has 3 aliphatic heterocycles. The summed E-state index contributed by atoms with van der Waals surface area (Å²) < 4.78 is 18.4. The van der Waals surface area contributed by atoms with E-state index in [1.54, 1.807) is 0 Å². The van der Waals surface area contributed by atoms with E-state index in [2.05, 4.69) is 22.0 Å². The summed E-state index contributed by atoms with van der Waals surface area (Å²) in [6.45, 7) is 0.256. The van der Waals surface area contributed by atoms with Crippen molar-refractivity contribution in [3.05, 3.63) is 86.8 Å². The summed E-state index contributed by atoms with van der Waals surface area (Å²) >= 11 is 9.86. The number of hydrogen-bond acceptors (Lipinski definition) is 5. The van der Waals surface area contributed by atoms with E-state index < -0.39 is 0 Å². The number of halogens is 2. The van der Waals surface area contributed by atoms with Gasteiger partial charge in [0, 0.05) is 32.6 Å². The molecule has 0 fully saturated rings. The molecule has 0 radical (unpaired) electrons. The van der Waals surface area contributed by atoms with Gasteiger partial charge in [-0.2, -0.15) is 5.10 Å². The van der Waals surface area contributed by atoms with Crippen LogP contribution in [0.25, 0.3) is 0 Å². The van der Waals surface area contributed by atoms with Gasteiger partial charge in [-0.3, -0.25) is 0 Å². The number of benzene rings is 3. The zero-order valence-corrected chi connectivity index (χ0v) is 18.1. The van der Waals surface area contributed by atoms with Gasteiger partial charge in [0.1, 0.15) is 5.75 Å². The van der Waals surface area contributed by atoms with Crippen LogP contribution in [-0.2, 0) is 0 Å². The molecule has 0 N–H and O–H groups in total. The molecule has 30 heavy (non-hydrogen) atoms. The third-order valence-electron chi connectivity index (χ3n) is 5.59. The number of nitrogens with zero attached hydrogens (tertiary/aromatic N) is 2. The molecule has 0 spiro atoms. The number of hydrazone groups is 1. The Morgan fingerprint density at radius 2 is 1.83 bits per heavy atom. The predicted octanol–water partition coefficient (Wildman–Crippen LogP) is 6.07. The molecule has 7 heteroatoms. The second-order valence-electron chi connectivity index (χ2n) is 7.42. The average Bonchev–Trinajstić information content (AvgIpc) is 3.40. The first-order chi connectivity index (χ1) is 14.7. The maximum Gasteiger partial charge on any atom is 0.231 e. The number of ether oxygens (including phenoxy) is 3. The van der Waals surface area contributed by atoms with Crippen LogP contribution in [-0.4, -0.2) is 17.5 Å². The fourth-order valence-corrected chi connectivity index (χ4v) is 4.77. The molecule has 0 aromatic heterocycles. The van der Waals surface area contributed by atoms with Crippen molar-refractivity contribution in [2.24, 2.45) is 5.10 Å². The minimum Gasteiger partial charge on any atom is -0.464 e. The first-order valence-electron chi connectivity index (χ1n) is 9.63. The zero-order chi connectivity index (χ0) is 20.2. The molecule has 3 aliphatic rings. The minimum absolute atomic E-state index is 0.0654. The van der Waals surface area contributed by atoms with Crippen LogP contribution in [0.5, 0.6) is 17.2 Å². The fraction of sp³-hybridized carbons (Fsp3) is 0.174. The van der Waals surface area contributed by atoms with Crippen LogP contribution in [0, 0.1) is 0 Å². The molecule has 0 saturated heterocycles. The highest BCUT2D eigenvalue weighted by molar-refractivity contribution is 9.10. The van der Waals surface area contributed by atoms with Gasteiger partial charge >= 0.3 is 0 Å².